The standard InChI is InChI=1S/C20H24N4OS/c26-20-21-18-8-7-17(15-19(18)22-20)25-14-4-9-23-10-12-24(13-11-23)16-5-2-1-3-6-16/h1-3,5-8,15H,4,9-14H2,(H2,21,22,26). The van der Waals surface area contributed by atoms with Gasteiger partial charge in [0, 0.05) is 44.5 Å². The molecule has 1 saturated heterocycles. The summed E-state index contributed by atoms with van der Waals surface area (Å²) in [6, 6.07) is 16.7. The maximum Gasteiger partial charge on any atom is 0.175 e. The molecule has 0 saturated carbocycles. The number of ether oxygens (including phenoxy) is 1. The third-order valence-electron chi connectivity index (χ3n) is 4.87. The predicted octanol–water partition coefficient (Wildman–Crippen LogP) is 3.82. The van der Waals surface area contributed by atoms with E-state index in [0.29, 0.717) is 4.77 Å². The van der Waals surface area contributed by atoms with Crippen molar-refractivity contribution >= 4 is 28.9 Å². The first-order valence-electron chi connectivity index (χ1n) is 9.15. The Hall–Kier alpha value is -2.31. The summed E-state index contributed by atoms with van der Waals surface area (Å²) in [5.41, 5.74) is 3.33. The molecule has 5 nitrogen and oxygen atoms in total. The number of hydrogen-bond donors (Lipinski definition) is 2. The zero-order chi connectivity index (χ0) is 17.8. The largest absolute Gasteiger partial charge is 0.493 e. The lowest BCUT2D eigenvalue weighted by Crippen LogP contribution is -2.46. The molecule has 0 atom stereocenters. The van der Waals surface area contributed by atoms with E-state index in [1.54, 1.807) is 0 Å². The first-order chi connectivity index (χ1) is 12.8. The van der Waals surface area contributed by atoms with Gasteiger partial charge in [-0.2, -0.15) is 0 Å². The van der Waals surface area contributed by atoms with Crippen molar-refractivity contribution < 1.29 is 4.74 Å². The number of fused-ring (bicyclic) bond motifs is 1. The molecule has 0 bridgehead atoms. The van der Waals surface area contributed by atoms with Gasteiger partial charge in [0.1, 0.15) is 5.75 Å². The number of para-hydroxylation sites is 1. The van der Waals surface area contributed by atoms with Crippen LogP contribution in [0.1, 0.15) is 6.42 Å². The fourth-order valence-corrected chi connectivity index (χ4v) is 3.67. The van der Waals surface area contributed by atoms with Crippen molar-refractivity contribution in [3.05, 3.63) is 53.3 Å². The highest BCUT2D eigenvalue weighted by Crippen LogP contribution is 2.19. The Morgan fingerprint density at radius 3 is 2.50 bits per heavy atom. The van der Waals surface area contributed by atoms with Crippen molar-refractivity contribution in [1.82, 2.24) is 14.9 Å². The van der Waals surface area contributed by atoms with Crippen molar-refractivity contribution in [3.63, 3.8) is 0 Å². The molecule has 0 amide bonds. The minimum absolute atomic E-state index is 0.645. The summed E-state index contributed by atoms with van der Waals surface area (Å²) in [6.07, 6.45) is 1.03. The van der Waals surface area contributed by atoms with Gasteiger partial charge in [0.25, 0.3) is 0 Å². The monoisotopic (exact) mass is 368 g/mol. The van der Waals surface area contributed by atoms with Gasteiger partial charge in [-0.1, -0.05) is 18.2 Å². The number of imidazole rings is 1. The molecule has 1 aromatic heterocycles. The first kappa shape index (κ1) is 17.1. The van der Waals surface area contributed by atoms with Crippen LogP contribution in [0.15, 0.2) is 48.5 Å². The van der Waals surface area contributed by atoms with E-state index >= 15 is 0 Å². The highest BCUT2D eigenvalue weighted by atomic mass is 32.1. The third kappa shape index (κ3) is 4.08. The quantitative estimate of drug-likeness (QED) is 0.513. The summed E-state index contributed by atoms with van der Waals surface area (Å²) in [4.78, 5) is 11.2. The van der Waals surface area contributed by atoms with Gasteiger partial charge in [0.2, 0.25) is 0 Å². The van der Waals surface area contributed by atoms with Crippen molar-refractivity contribution in [3.8, 4) is 5.75 Å². The van der Waals surface area contributed by atoms with Crippen LogP contribution in [0.3, 0.4) is 0 Å². The molecule has 3 aromatic rings. The average Bonchev–Trinajstić information content (AvgIpc) is 3.06. The van der Waals surface area contributed by atoms with Crippen LogP contribution in [0.4, 0.5) is 5.69 Å². The number of benzene rings is 2. The maximum absolute atomic E-state index is 5.90. The Labute approximate surface area is 158 Å². The van der Waals surface area contributed by atoms with E-state index in [4.69, 9.17) is 17.0 Å². The Balaban J connectivity index is 1.20. The summed E-state index contributed by atoms with van der Waals surface area (Å²) in [7, 11) is 0. The van der Waals surface area contributed by atoms with Gasteiger partial charge in [-0.15, -0.1) is 0 Å². The first-order valence-corrected chi connectivity index (χ1v) is 9.56. The van der Waals surface area contributed by atoms with Crippen LogP contribution in [-0.2, 0) is 0 Å². The topological polar surface area (TPSA) is 47.3 Å². The molecule has 136 valence electrons. The van der Waals surface area contributed by atoms with Gasteiger partial charge in [-0.25, -0.2) is 0 Å². The molecule has 1 aliphatic heterocycles. The summed E-state index contributed by atoms with van der Waals surface area (Å²) in [5.74, 6) is 0.886. The van der Waals surface area contributed by atoms with Crippen LogP contribution in [0.2, 0.25) is 0 Å². The number of aromatic amines is 2. The molecule has 26 heavy (non-hydrogen) atoms. The molecule has 2 N–H and O–H groups in total. The number of rotatable bonds is 6. The van der Waals surface area contributed by atoms with E-state index in [2.05, 4.69) is 50.1 Å². The normalized spacial score (nSPS) is 15.5. The van der Waals surface area contributed by atoms with E-state index in [1.807, 2.05) is 18.2 Å². The van der Waals surface area contributed by atoms with Crippen LogP contribution in [-0.4, -0.2) is 54.2 Å². The number of nitrogens with zero attached hydrogens (tertiary/aromatic N) is 2. The summed E-state index contributed by atoms with van der Waals surface area (Å²) >= 11 is 5.11. The fraction of sp³-hybridized carbons (Fsp3) is 0.350. The minimum atomic E-state index is 0.645. The molecule has 2 heterocycles. The Morgan fingerprint density at radius 1 is 0.923 bits per heavy atom. The third-order valence-corrected chi connectivity index (χ3v) is 5.07. The molecule has 4 rings (SSSR count). The molecule has 1 aliphatic rings. The van der Waals surface area contributed by atoms with Crippen LogP contribution in [0.5, 0.6) is 5.75 Å². The number of anilines is 1. The molecule has 0 unspecified atom stereocenters. The number of piperazine rings is 1. The van der Waals surface area contributed by atoms with E-state index in [1.165, 1.54) is 5.69 Å². The van der Waals surface area contributed by atoms with Gasteiger partial charge >= 0.3 is 0 Å². The van der Waals surface area contributed by atoms with E-state index < -0.39 is 0 Å². The number of hydrogen-bond acceptors (Lipinski definition) is 4. The Kier molecular flexibility index (Phi) is 5.22. The van der Waals surface area contributed by atoms with E-state index in [9.17, 15) is 0 Å². The summed E-state index contributed by atoms with van der Waals surface area (Å²) < 4.78 is 6.55. The lowest BCUT2D eigenvalue weighted by atomic mass is 10.2. The SMILES string of the molecule is S=c1[nH]c2ccc(OCCCN3CCN(c4ccccc4)CC3)cc2[nH]1. The second kappa shape index (κ2) is 7.93. The lowest BCUT2D eigenvalue weighted by molar-refractivity contribution is 0.225. The Morgan fingerprint density at radius 2 is 1.69 bits per heavy atom. The second-order valence-electron chi connectivity index (χ2n) is 6.65. The van der Waals surface area contributed by atoms with Crippen molar-refractivity contribution in [1.29, 1.82) is 0 Å². The fourth-order valence-electron chi connectivity index (χ4n) is 3.45. The van der Waals surface area contributed by atoms with Crippen LogP contribution < -0.4 is 9.64 Å². The van der Waals surface area contributed by atoms with Crippen molar-refractivity contribution in [2.75, 3.05) is 44.2 Å². The number of H-pyrrole nitrogens is 2. The summed E-state index contributed by atoms with van der Waals surface area (Å²) in [5, 5.41) is 0. The molecule has 1 fully saturated rings. The number of nitrogens with one attached hydrogen (secondary N) is 2. The predicted molar refractivity (Wildman–Crippen MR) is 109 cm³/mol. The number of aromatic nitrogens is 2. The Bertz CT molecular complexity index is 897. The van der Waals surface area contributed by atoms with Gasteiger partial charge in [-0.05, 0) is 42.9 Å². The zero-order valence-corrected chi connectivity index (χ0v) is 15.6. The van der Waals surface area contributed by atoms with Gasteiger partial charge < -0.3 is 19.6 Å². The van der Waals surface area contributed by atoms with E-state index in [0.717, 1.165) is 62.5 Å². The molecule has 0 radical (unpaired) electrons. The van der Waals surface area contributed by atoms with Crippen LogP contribution in [0, 0.1) is 4.77 Å². The summed E-state index contributed by atoms with van der Waals surface area (Å²) in [6.45, 7) is 6.22. The molecule has 2 aromatic carbocycles. The molecule has 6 heteroatoms. The smallest absolute Gasteiger partial charge is 0.175 e. The van der Waals surface area contributed by atoms with Gasteiger partial charge in [0.15, 0.2) is 4.77 Å². The van der Waals surface area contributed by atoms with Crippen molar-refractivity contribution in [2.24, 2.45) is 0 Å². The second-order valence-corrected chi connectivity index (χ2v) is 7.06. The molecule has 0 aliphatic carbocycles. The molecular weight excluding hydrogens is 344 g/mol. The molecular formula is C20H24N4OS. The van der Waals surface area contributed by atoms with E-state index in [-0.39, 0.29) is 0 Å². The van der Waals surface area contributed by atoms with Crippen LogP contribution >= 0.6 is 12.2 Å². The highest BCUT2D eigenvalue weighted by molar-refractivity contribution is 7.71. The average molecular weight is 369 g/mol. The minimum Gasteiger partial charge on any atom is -0.493 e. The van der Waals surface area contributed by atoms with Crippen molar-refractivity contribution in [2.45, 2.75) is 6.42 Å². The zero-order valence-electron chi connectivity index (χ0n) is 14.8. The van der Waals surface area contributed by atoms with Gasteiger partial charge in [0.05, 0.1) is 17.6 Å². The maximum atomic E-state index is 5.90. The highest BCUT2D eigenvalue weighted by Gasteiger charge is 2.16. The lowest BCUT2D eigenvalue weighted by Gasteiger charge is -2.36. The van der Waals surface area contributed by atoms with Gasteiger partial charge in [-0.3, -0.25) is 4.90 Å². The van der Waals surface area contributed by atoms with Crippen LogP contribution in [0.25, 0.3) is 11.0 Å². The molecule has 0 spiro atoms.